The number of rotatable bonds is 5. The maximum Gasteiger partial charge on any atom is 0.214 e. The number of aliphatic hydroxyl groups excluding tert-OH is 1. The van der Waals surface area contributed by atoms with Gasteiger partial charge in [0, 0.05) is 12.1 Å². The SMILES string of the molecule is OC(CNc1nn2cc(-c3ccccc3)nc2s1)c1ccccc1. The molecule has 0 radical (unpaired) electrons. The number of aliphatic hydroxyl groups is 1. The van der Waals surface area contributed by atoms with E-state index in [-0.39, 0.29) is 0 Å². The number of aromatic nitrogens is 3. The molecule has 0 saturated carbocycles. The molecule has 0 aliphatic carbocycles. The largest absolute Gasteiger partial charge is 0.387 e. The highest BCUT2D eigenvalue weighted by Crippen LogP contribution is 2.24. The van der Waals surface area contributed by atoms with Crippen LogP contribution in [0.1, 0.15) is 11.7 Å². The van der Waals surface area contributed by atoms with Crippen LogP contribution in [0.3, 0.4) is 0 Å². The van der Waals surface area contributed by atoms with Gasteiger partial charge in [-0.15, -0.1) is 5.10 Å². The van der Waals surface area contributed by atoms with E-state index in [1.807, 2.05) is 66.9 Å². The highest BCUT2D eigenvalue weighted by Gasteiger charge is 2.11. The Hall–Kier alpha value is -2.70. The van der Waals surface area contributed by atoms with E-state index in [0.29, 0.717) is 6.54 Å². The van der Waals surface area contributed by atoms with Gasteiger partial charge in [-0.3, -0.25) is 0 Å². The molecule has 2 heterocycles. The number of benzene rings is 2. The molecule has 4 rings (SSSR count). The third kappa shape index (κ3) is 3.02. The minimum atomic E-state index is -0.567. The van der Waals surface area contributed by atoms with Crippen LogP contribution in [0.4, 0.5) is 5.13 Å². The monoisotopic (exact) mass is 336 g/mol. The van der Waals surface area contributed by atoms with E-state index in [1.54, 1.807) is 4.52 Å². The highest BCUT2D eigenvalue weighted by molar-refractivity contribution is 7.20. The average molecular weight is 336 g/mol. The van der Waals surface area contributed by atoms with Gasteiger partial charge in [0.15, 0.2) is 0 Å². The Bertz CT molecular complexity index is 902. The van der Waals surface area contributed by atoms with Gasteiger partial charge < -0.3 is 10.4 Å². The number of nitrogens with one attached hydrogen (secondary N) is 1. The number of hydrogen-bond acceptors (Lipinski definition) is 5. The first-order valence-corrected chi connectivity index (χ1v) is 8.50. The molecule has 0 spiro atoms. The van der Waals surface area contributed by atoms with Gasteiger partial charge in [0.05, 0.1) is 18.0 Å². The molecule has 2 aromatic carbocycles. The number of hydrogen-bond donors (Lipinski definition) is 2. The van der Waals surface area contributed by atoms with E-state index in [9.17, 15) is 5.11 Å². The van der Waals surface area contributed by atoms with Crippen molar-refractivity contribution in [3.05, 3.63) is 72.4 Å². The molecule has 120 valence electrons. The first-order valence-electron chi connectivity index (χ1n) is 7.68. The van der Waals surface area contributed by atoms with Crippen LogP contribution in [-0.4, -0.2) is 26.2 Å². The van der Waals surface area contributed by atoms with Crippen LogP contribution in [0.5, 0.6) is 0 Å². The summed E-state index contributed by atoms with van der Waals surface area (Å²) >= 11 is 1.47. The normalized spacial score (nSPS) is 12.4. The molecule has 0 fully saturated rings. The zero-order valence-electron chi connectivity index (χ0n) is 12.8. The van der Waals surface area contributed by atoms with Crippen LogP contribution in [0.15, 0.2) is 66.9 Å². The summed E-state index contributed by atoms with van der Waals surface area (Å²) in [5, 5.41) is 18.6. The number of imidazole rings is 1. The van der Waals surface area contributed by atoms with Crippen LogP contribution in [0.25, 0.3) is 16.2 Å². The maximum absolute atomic E-state index is 10.2. The van der Waals surface area contributed by atoms with Crippen molar-refractivity contribution in [1.29, 1.82) is 0 Å². The van der Waals surface area contributed by atoms with Crippen LogP contribution < -0.4 is 5.32 Å². The molecule has 1 unspecified atom stereocenters. The molecular formula is C18H16N4OS. The summed E-state index contributed by atoms with van der Waals surface area (Å²) in [6, 6.07) is 19.6. The lowest BCUT2D eigenvalue weighted by atomic mass is 10.1. The molecule has 4 aromatic rings. The van der Waals surface area contributed by atoms with Crippen molar-refractivity contribution in [1.82, 2.24) is 14.6 Å². The van der Waals surface area contributed by atoms with E-state index < -0.39 is 6.10 Å². The number of anilines is 1. The highest BCUT2D eigenvalue weighted by atomic mass is 32.1. The molecule has 0 amide bonds. The van der Waals surface area contributed by atoms with Gasteiger partial charge in [-0.2, -0.15) is 0 Å². The molecule has 6 heteroatoms. The predicted octanol–water partition coefficient (Wildman–Crippen LogP) is 3.60. The summed E-state index contributed by atoms with van der Waals surface area (Å²) in [6.07, 6.45) is 1.35. The summed E-state index contributed by atoms with van der Waals surface area (Å²) in [5.41, 5.74) is 2.87. The Labute approximate surface area is 143 Å². The standard InChI is InChI=1S/C18H16N4OS/c23-16(14-9-5-2-6-10-14)11-19-17-21-22-12-15(20-18(22)24-17)13-7-3-1-4-8-13/h1-10,12,16,23H,11H2,(H,19,21). The van der Waals surface area contributed by atoms with Crippen molar-refractivity contribution in [2.45, 2.75) is 6.10 Å². The molecule has 2 aromatic heterocycles. The molecule has 2 N–H and O–H groups in total. The third-order valence-corrected chi connectivity index (χ3v) is 4.62. The van der Waals surface area contributed by atoms with E-state index in [4.69, 9.17) is 0 Å². The summed E-state index contributed by atoms with van der Waals surface area (Å²) in [4.78, 5) is 5.43. The second kappa shape index (κ2) is 6.43. The van der Waals surface area contributed by atoms with Crippen molar-refractivity contribution in [2.75, 3.05) is 11.9 Å². The van der Waals surface area contributed by atoms with E-state index in [1.165, 1.54) is 11.3 Å². The van der Waals surface area contributed by atoms with Crippen molar-refractivity contribution >= 4 is 21.4 Å². The quantitative estimate of drug-likeness (QED) is 0.584. The van der Waals surface area contributed by atoms with Gasteiger partial charge >= 0.3 is 0 Å². The molecule has 0 aliphatic rings. The number of fused-ring (bicyclic) bond motifs is 1. The second-order valence-electron chi connectivity index (χ2n) is 5.43. The second-order valence-corrected chi connectivity index (χ2v) is 6.39. The van der Waals surface area contributed by atoms with Crippen LogP contribution in [-0.2, 0) is 0 Å². The minimum absolute atomic E-state index is 0.409. The first kappa shape index (κ1) is 14.9. The van der Waals surface area contributed by atoms with Gasteiger partial charge in [0.25, 0.3) is 0 Å². The molecular weight excluding hydrogens is 320 g/mol. The summed E-state index contributed by atoms with van der Waals surface area (Å²) in [6.45, 7) is 0.409. The average Bonchev–Trinajstić information content (AvgIpc) is 3.20. The zero-order valence-corrected chi connectivity index (χ0v) is 13.6. The Morgan fingerprint density at radius 1 is 1.04 bits per heavy atom. The van der Waals surface area contributed by atoms with Gasteiger partial charge in [0.1, 0.15) is 0 Å². The molecule has 1 atom stereocenters. The lowest BCUT2D eigenvalue weighted by molar-refractivity contribution is 0.191. The van der Waals surface area contributed by atoms with Crippen molar-refractivity contribution in [3.63, 3.8) is 0 Å². The van der Waals surface area contributed by atoms with Gasteiger partial charge in [-0.05, 0) is 5.56 Å². The lowest BCUT2D eigenvalue weighted by Crippen LogP contribution is -2.12. The molecule has 5 nitrogen and oxygen atoms in total. The van der Waals surface area contributed by atoms with Crippen LogP contribution >= 0.6 is 11.3 Å². The van der Waals surface area contributed by atoms with Crippen LogP contribution in [0.2, 0.25) is 0 Å². The fourth-order valence-electron chi connectivity index (χ4n) is 2.50. The molecule has 24 heavy (non-hydrogen) atoms. The summed E-state index contributed by atoms with van der Waals surface area (Å²) in [5.74, 6) is 0. The molecule has 0 saturated heterocycles. The zero-order chi connectivity index (χ0) is 16.4. The van der Waals surface area contributed by atoms with Gasteiger partial charge in [-0.1, -0.05) is 72.0 Å². The summed E-state index contributed by atoms with van der Waals surface area (Å²) in [7, 11) is 0. The summed E-state index contributed by atoms with van der Waals surface area (Å²) < 4.78 is 1.77. The predicted molar refractivity (Wildman–Crippen MR) is 96.2 cm³/mol. The Balaban J connectivity index is 1.47. The third-order valence-electron chi connectivity index (χ3n) is 3.74. The fraction of sp³-hybridized carbons (Fsp3) is 0.111. The number of nitrogens with zero attached hydrogens (tertiary/aromatic N) is 3. The topological polar surface area (TPSA) is 62.5 Å². The Morgan fingerprint density at radius 2 is 1.75 bits per heavy atom. The fourth-order valence-corrected chi connectivity index (χ4v) is 3.28. The van der Waals surface area contributed by atoms with E-state index in [2.05, 4.69) is 15.4 Å². The van der Waals surface area contributed by atoms with E-state index in [0.717, 1.165) is 26.9 Å². The first-order chi connectivity index (χ1) is 11.8. The molecule has 0 bridgehead atoms. The Morgan fingerprint density at radius 3 is 2.46 bits per heavy atom. The smallest absolute Gasteiger partial charge is 0.214 e. The minimum Gasteiger partial charge on any atom is -0.387 e. The molecule has 0 aliphatic heterocycles. The Kier molecular flexibility index (Phi) is 3.98. The van der Waals surface area contributed by atoms with Gasteiger partial charge in [-0.25, -0.2) is 9.50 Å². The maximum atomic E-state index is 10.2. The van der Waals surface area contributed by atoms with Crippen molar-refractivity contribution in [2.24, 2.45) is 0 Å². The van der Waals surface area contributed by atoms with E-state index >= 15 is 0 Å². The van der Waals surface area contributed by atoms with Crippen molar-refractivity contribution < 1.29 is 5.11 Å². The van der Waals surface area contributed by atoms with Gasteiger partial charge in [0.2, 0.25) is 10.1 Å². The lowest BCUT2D eigenvalue weighted by Gasteiger charge is -2.10. The van der Waals surface area contributed by atoms with Crippen molar-refractivity contribution in [3.8, 4) is 11.3 Å². The van der Waals surface area contributed by atoms with Crippen LogP contribution in [0, 0.1) is 0 Å².